The molecule has 0 spiro atoms. The highest BCUT2D eigenvalue weighted by atomic mass is 32.2. The summed E-state index contributed by atoms with van der Waals surface area (Å²) in [6, 6.07) is 13.7. The molecule has 0 saturated heterocycles. The zero-order chi connectivity index (χ0) is 24.9. The molecule has 34 heavy (non-hydrogen) atoms. The molecule has 0 fully saturated rings. The van der Waals surface area contributed by atoms with Crippen LogP contribution in [0.2, 0.25) is 0 Å². The van der Waals surface area contributed by atoms with Gasteiger partial charge < -0.3 is 4.74 Å². The number of pyridine rings is 1. The van der Waals surface area contributed by atoms with Gasteiger partial charge in [0.1, 0.15) is 24.0 Å². The standard InChI is InChI=1S/C25H26F2N2O4S/c1-16-4-7-19(25(28-16)33-15-18-5-10-21(26)11-6-18)9-13-24(30)17(2)20-8-12-23(22(27)14-20)29-34(3,31)32/h4-8,10-12,14,17,29H,9,13,15H2,1-3H3. The van der Waals surface area contributed by atoms with E-state index in [1.807, 2.05) is 19.1 Å². The van der Waals surface area contributed by atoms with Gasteiger partial charge in [0.25, 0.3) is 0 Å². The van der Waals surface area contributed by atoms with Crippen molar-refractivity contribution in [2.45, 2.75) is 39.2 Å². The van der Waals surface area contributed by atoms with Crippen LogP contribution < -0.4 is 9.46 Å². The van der Waals surface area contributed by atoms with Crippen molar-refractivity contribution in [3.05, 3.63) is 88.6 Å². The van der Waals surface area contributed by atoms with Crippen molar-refractivity contribution >= 4 is 21.5 Å². The molecule has 0 aliphatic rings. The van der Waals surface area contributed by atoms with Gasteiger partial charge in [-0.3, -0.25) is 9.52 Å². The highest BCUT2D eigenvalue weighted by molar-refractivity contribution is 7.92. The maximum atomic E-state index is 14.3. The number of aromatic nitrogens is 1. The third-order valence-electron chi connectivity index (χ3n) is 5.28. The summed E-state index contributed by atoms with van der Waals surface area (Å²) in [6.07, 6.45) is 1.50. The molecule has 1 unspecified atom stereocenters. The fourth-order valence-corrected chi connectivity index (χ4v) is 3.92. The Morgan fingerprint density at radius 3 is 2.44 bits per heavy atom. The monoisotopic (exact) mass is 488 g/mol. The molecule has 2 aromatic carbocycles. The smallest absolute Gasteiger partial charge is 0.229 e. The van der Waals surface area contributed by atoms with Gasteiger partial charge >= 0.3 is 0 Å². The van der Waals surface area contributed by atoms with E-state index in [1.54, 1.807) is 19.1 Å². The molecule has 0 amide bonds. The van der Waals surface area contributed by atoms with Crippen LogP contribution in [0.4, 0.5) is 14.5 Å². The number of ether oxygens (including phenoxy) is 1. The fourth-order valence-electron chi connectivity index (χ4n) is 3.35. The first-order valence-corrected chi connectivity index (χ1v) is 12.5. The Hall–Kier alpha value is -3.33. The van der Waals surface area contributed by atoms with Crippen LogP contribution in [0.15, 0.2) is 54.6 Å². The van der Waals surface area contributed by atoms with E-state index in [1.165, 1.54) is 30.3 Å². The van der Waals surface area contributed by atoms with Crippen LogP contribution in [0.5, 0.6) is 5.88 Å². The second kappa shape index (κ2) is 10.7. The van der Waals surface area contributed by atoms with E-state index in [9.17, 15) is 22.0 Å². The molecule has 6 nitrogen and oxygen atoms in total. The van der Waals surface area contributed by atoms with Crippen molar-refractivity contribution in [1.82, 2.24) is 4.98 Å². The maximum absolute atomic E-state index is 14.3. The minimum atomic E-state index is -3.61. The molecule has 3 rings (SSSR count). The lowest BCUT2D eigenvalue weighted by atomic mass is 9.93. The van der Waals surface area contributed by atoms with Gasteiger partial charge in [-0.2, -0.15) is 0 Å². The van der Waals surface area contributed by atoms with Gasteiger partial charge in [0.05, 0.1) is 11.9 Å². The predicted octanol–water partition coefficient (Wildman–Crippen LogP) is 4.92. The third-order valence-corrected chi connectivity index (χ3v) is 5.87. The summed E-state index contributed by atoms with van der Waals surface area (Å²) in [5, 5.41) is 0. The number of carbonyl (C=O) groups is 1. The van der Waals surface area contributed by atoms with E-state index in [2.05, 4.69) is 9.71 Å². The van der Waals surface area contributed by atoms with E-state index >= 15 is 0 Å². The zero-order valence-corrected chi connectivity index (χ0v) is 20.0. The number of ketones is 1. The van der Waals surface area contributed by atoms with Crippen LogP contribution in [0.3, 0.4) is 0 Å². The molecule has 9 heteroatoms. The summed E-state index contributed by atoms with van der Waals surface area (Å²) in [5.74, 6) is -1.35. The first kappa shape index (κ1) is 25.3. The van der Waals surface area contributed by atoms with Gasteiger partial charge in [0.2, 0.25) is 15.9 Å². The van der Waals surface area contributed by atoms with E-state index < -0.39 is 21.8 Å². The molecule has 1 N–H and O–H groups in total. The largest absolute Gasteiger partial charge is 0.473 e. The molecule has 0 radical (unpaired) electrons. The summed E-state index contributed by atoms with van der Waals surface area (Å²) < 4.78 is 58.0. The van der Waals surface area contributed by atoms with Crippen molar-refractivity contribution in [2.75, 3.05) is 11.0 Å². The van der Waals surface area contributed by atoms with Gasteiger partial charge in [0.15, 0.2) is 0 Å². The van der Waals surface area contributed by atoms with Gasteiger partial charge in [-0.05, 0) is 54.8 Å². The van der Waals surface area contributed by atoms with E-state index in [-0.39, 0.29) is 30.3 Å². The summed E-state index contributed by atoms with van der Waals surface area (Å²) >= 11 is 0. The second-order valence-corrected chi connectivity index (χ2v) is 9.88. The lowest BCUT2D eigenvalue weighted by Crippen LogP contribution is -2.13. The van der Waals surface area contributed by atoms with E-state index in [0.29, 0.717) is 17.9 Å². The molecule has 1 heterocycles. The zero-order valence-electron chi connectivity index (χ0n) is 19.1. The molecule has 0 aliphatic heterocycles. The molecule has 1 atom stereocenters. The lowest BCUT2D eigenvalue weighted by molar-refractivity contribution is -0.120. The van der Waals surface area contributed by atoms with Crippen molar-refractivity contribution in [3.8, 4) is 5.88 Å². The molecule has 1 aromatic heterocycles. The van der Waals surface area contributed by atoms with Crippen molar-refractivity contribution in [3.63, 3.8) is 0 Å². The van der Waals surface area contributed by atoms with Crippen LogP contribution in [-0.4, -0.2) is 25.4 Å². The minimum Gasteiger partial charge on any atom is -0.473 e. The molecule has 0 bridgehead atoms. The fraction of sp³-hybridized carbons (Fsp3) is 0.280. The number of halogens is 2. The molecular formula is C25H26F2N2O4S. The predicted molar refractivity (Wildman–Crippen MR) is 126 cm³/mol. The highest BCUT2D eigenvalue weighted by Crippen LogP contribution is 2.26. The molecule has 180 valence electrons. The van der Waals surface area contributed by atoms with Crippen LogP contribution in [-0.2, 0) is 27.8 Å². The highest BCUT2D eigenvalue weighted by Gasteiger charge is 2.19. The summed E-state index contributed by atoms with van der Waals surface area (Å²) in [6.45, 7) is 3.72. The Labute approximate surface area is 198 Å². The first-order valence-electron chi connectivity index (χ1n) is 10.7. The lowest BCUT2D eigenvalue weighted by Gasteiger charge is -2.14. The van der Waals surface area contributed by atoms with Crippen LogP contribution >= 0.6 is 0 Å². The normalized spacial score (nSPS) is 12.3. The Morgan fingerprint density at radius 1 is 1.09 bits per heavy atom. The average molecular weight is 489 g/mol. The van der Waals surface area contributed by atoms with Crippen LogP contribution in [0.25, 0.3) is 0 Å². The molecule has 0 saturated carbocycles. The minimum absolute atomic E-state index is 0.103. The van der Waals surface area contributed by atoms with E-state index in [0.717, 1.165) is 23.1 Å². The van der Waals surface area contributed by atoms with E-state index in [4.69, 9.17) is 4.74 Å². The quantitative estimate of drug-likeness (QED) is 0.438. The van der Waals surface area contributed by atoms with Gasteiger partial charge in [-0.25, -0.2) is 22.2 Å². The maximum Gasteiger partial charge on any atom is 0.229 e. The number of aryl methyl sites for hydroxylation is 2. The Morgan fingerprint density at radius 2 is 1.79 bits per heavy atom. The summed E-state index contributed by atoms with van der Waals surface area (Å²) in [4.78, 5) is 17.2. The van der Waals surface area contributed by atoms with Crippen molar-refractivity contribution < 1.29 is 26.7 Å². The summed E-state index contributed by atoms with van der Waals surface area (Å²) in [5.41, 5.74) is 2.59. The number of hydrogen-bond donors (Lipinski definition) is 1. The number of rotatable bonds is 10. The number of carbonyl (C=O) groups excluding carboxylic acids is 1. The second-order valence-electron chi connectivity index (χ2n) is 8.13. The Bertz CT molecular complexity index is 1280. The van der Waals surface area contributed by atoms with Gasteiger partial charge in [0, 0.05) is 23.6 Å². The SMILES string of the molecule is Cc1ccc(CCC(=O)C(C)c2ccc(NS(C)(=O)=O)c(F)c2)c(OCc2ccc(F)cc2)n1. The number of anilines is 1. The number of nitrogens with zero attached hydrogens (tertiary/aromatic N) is 1. The van der Waals surface area contributed by atoms with Crippen LogP contribution in [0, 0.1) is 18.6 Å². The Balaban J connectivity index is 1.66. The topological polar surface area (TPSA) is 85.4 Å². The summed E-state index contributed by atoms with van der Waals surface area (Å²) in [7, 11) is -3.61. The number of nitrogens with one attached hydrogen (secondary N) is 1. The van der Waals surface area contributed by atoms with Crippen LogP contribution in [0.1, 0.15) is 41.6 Å². The number of hydrogen-bond acceptors (Lipinski definition) is 5. The van der Waals surface area contributed by atoms with Crippen molar-refractivity contribution in [1.29, 1.82) is 0 Å². The Kier molecular flexibility index (Phi) is 7.98. The molecule has 3 aromatic rings. The van der Waals surface area contributed by atoms with Crippen molar-refractivity contribution in [2.24, 2.45) is 0 Å². The number of benzene rings is 2. The van der Waals surface area contributed by atoms with Gasteiger partial charge in [-0.15, -0.1) is 0 Å². The number of sulfonamides is 1. The molecular weight excluding hydrogens is 462 g/mol. The average Bonchev–Trinajstić information content (AvgIpc) is 2.78. The van der Waals surface area contributed by atoms with Gasteiger partial charge in [-0.1, -0.05) is 31.2 Å². The number of Topliss-reactive ketones (excluding diaryl/α,β-unsaturated/α-hetero) is 1. The first-order chi connectivity index (χ1) is 16.0. The molecule has 0 aliphatic carbocycles. The third kappa shape index (κ3) is 7.08.